The van der Waals surface area contributed by atoms with E-state index in [1.165, 1.54) is 6.07 Å². The van der Waals surface area contributed by atoms with Gasteiger partial charge in [-0.15, -0.1) is 4.40 Å². The van der Waals surface area contributed by atoms with Crippen molar-refractivity contribution >= 4 is 33.1 Å². The Kier molecular flexibility index (Phi) is 4.59. The fourth-order valence-electron chi connectivity index (χ4n) is 2.61. The third-order valence-electron chi connectivity index (χ3n) is 4.14. The van der Waals surface area contributed by atoms with Gasteiger partial charge in [0.15, 0.2) is 0 Å². The number of rotatable bonds is 4. The maximum absolute atomic E-state index is 12.2. The van der Waals surface area contributed by atoms with E-state index in [-0.39, 0.29) is 29.5 Å². The fraction of sp³-hybridized carbons (Fsp3) is 0.222. The average Bonchev–Trinajstić information content (AvgIpc) is 2.57. The molecular formula is C18H19N3O3S. The number of para-hydroxylation sites is 1. The minimum absolute atomic E-state index is 0.136. The third-order valence-corrected chi connectivity index (χ3v) is 5.51. The monoisotopic (exact) mass is 357 g/mol. The van der Waals surface area contributed by atoms with Gasteiger partial charge in [-0.05, 0) is 43.2 Å². The highest BCUT2D eigenvalue weighted by Gasteiger charge is 2.24. The van der Waals surface area contributed by atoms with Gasteiger partial charge in [0.2, 0.25) is 5.91 Å². The van der Waals surface area contributed by atoms with Crippen LogP contribution >= 0.6 is 0 Å². The summed E-state index contributed by atoms with van der Waals surface area (Å²) in [5.41, 5.74) is 3.36. The zero-order chi connectivity index (χ0) is 18.0. The molecule has 0 fully saturated rings. The van der Waals surface area contributed by atoms with E-state index in [0.29, 0.717) is 5.69 Å². The van der Waals surface area contributed by atoms with E-state index in [2.05, 4.69) is 15.0 Å². The molecule has 0 aliphatic carbocycles. The molecular weight excluding hydrogens is 338 g/mol. The highest BCUT2D eigenvalue weighted by atomic mass is 32.2. The van der Waals surface area contributed by atoms with E-state index in [0.717, 1.165) is 16.8 Å². The Bertz CT molecular complexity index is 965. The summed E-state index contributed by atoms with van der Waals surface area (Å²) < 4.78 is 28.1. The lowest BCUT2D eigenvalue weighted by Crippen LogP contribution is -2.23. The van der Waals surface area contributed by atoms with Gasteiger partial charge in [-0.1, -0.05) is 24.3 Å². The normalized spacial score (nSPS) is 14.9. The van der Waals surface area contributed by atoms with Crippen LogP contribution in [0, 0.1) is 13.8 Å². The van der Waals surface area contributed by atoms with Crippen molar-refractivity contribution < 1.29 is 13.2 Å². The predicted octanol–water partition coefficient (Wildman–Crippen LogP) is 3.24. The van der Waals surface area contributed by atoms with E-state index in [9.17, 15) is 13.2 Å². The molecule has 1 amide bonds. The summed E-state index contributed by atoms with van der Waals surface area (Å²) in [6, 6.07) is 12.3. The third kappa shape index (κ3) is 3.71. The van der Waals surface area contributed by atoms with Crippen LogP contribution in [-0.4, -0.2) is 20.2 Å². The van der Waals surface area contributed by atoms with Crippen molar-refractivity contribution in [2.24, 2.45) is 4.40 Å². The summed E-state index contributed by atoms with van der Waals surface area (Å²) in [5.74, 6) is 0.0873. The Hall–Kier alpha value is -2.67. The van der Waals surface area contributed by atoms with Crippen LogP contribution in [0.4, 0.5) is 11.4 Å². The quantitative estimate of drug-likeness (QED) is 0.879. The van der Waals surface area contributed by atoms with E-state index < -0.39 is 10.0 Å². The number of nitrogens with zero attached hydrogens (tertiary/aromatic N) is 1. The number of amides is 1. The zero-order valence-electron chi connectivity index (χ0n) is 14.0. The summed E-state index contributed by atoms with van der Waals surface area (Å²) in [6.45, 7) is 3.93. The first-order valence-corrected chi connectivity index (χ1v) is 9.37. The number of carbonyl (C=O) groups excluding carboxylic acids is 1. The van der Waals surface area contributed by atoms with Gasteiger partial charge >= 0.3 is 0 Å². The summed E-state index contributed by atoms with van der Waals surface area (Å²) in [6.07, 6.45) is 0.348. The van der Waals surface area contributed by atoms with Gasteiger partial charge in [-0.25, -0.2) is 0 Å². The number of carbonyl (C=O) groups is 1. The molecule has 0 atom stereocenters. The van der Waals surface area contributed by atoms with Crippen molar-refractivity contribution in [2.45, 2.75) is 31.6 Å². The molecule has 0 unspecified atom stereocenters. The molecule has 1 aliphatic heterocycles. The maximum Gasteiger partial charge on any atom is 0.286 e. The van der Waals surface area contributed by atoms with Crippen LogP contribution in [0.5, 0.6) is 0 Å². The van der Waals surface area contributed by atoms with E-state index in [1.807, 2.05) is 32.0 Å². The molecule has 6 nitrogen and oxygen atoms in total. The zero-order valence-corrected chi connectivity index (χ0v) is 14.9. The number of sulfonamides is 1. The number of benzene rings is 2. The summed E-state index contributed by atoms with van der Waals surface area (Å²) in [7, 11) is -3.72. The van der Waals surface area contributed by atoms with Gasteiger partial charge in [-0.2, -0.15) is 8.42 Å². The van der Waals surface area contributed by atoms with Gasteiger partial charge in [0.1, 0.15) is 10.7 Å². The maximum atomic E-state index is 12.2. The molecule has 0 saturated carbocycles. The number of fused-ring (bicyclic) bond motifs is 1. The second-order valence-electron chi connectivity index (χ2n) is 5.93. The molecule has 2 aromatic rings. The first-order valence-electron chi connectivity index (χ1n) is 7.93. The van der Waals surface area contributed by atoms with E-state index in [1.54, 1.807) is 18.2 Å². The molecule has 130 valence electrons. The number of amidine groups is 1. The Balaban J connectivity index is 1.67. The van der Waals surface area contributed by atoms with Crippen molar-refractivity contribution in [3.8, 4) is 0 Å². The largest absolute Gasteiger partial charge is 0.342 e. The molecule has 1 aliphatic rings. The van der Waals surface area contributed by atoms with Crippen molar-refractivity contribution in [3.05, 3.63) is 53.6 Å². The number of nitrogens with one attached hydrogen (secondary N) is 2. The van der Waals surface area contributed by atoms with Crippen molar-refractivity contribution in [3.63, 3.8) is 0 Å². The number of anilines is 2. The molecule has 3 rings (SSSR count). The molecule has 25 heavy (non-hydrogen) atoms. The SMILES string of the molecule is Cc1cccc(NC(=O)CCC2=NS(=O)(=O)c3ccccc3N2)c1C. The molecule has 0 saturated heterocycles. The average molecular weight is 357 g/mol. The topological polar surface area (TPSA) is 87.6 Å². The molecule has 0 bridgehead atoms. The van der Waals surface area contributed by atoms with Crippen LogP contribution in [0.1, 0.15) is 24.0 Å². The van der Waals surface area contributed by atoms with E-state index in [4.69, 9.17) is 0 Å². The first kappa shape index (κ1) is 17.2. The number of hydrogen-bond acceptors (Lipinski definition) is 4. The summed E-state index contributed by atoms with van der Waals surface area (Å²) in [5, 5.41) is 5.84. The molecule has 2 aromatic carbocycles. The minimum atomic E-state index is -3.72. The van der Waals surface area contributed by atoms with Crippen LogP contribution in [0.2, 0.25) is 0 Å². The summed E-state index contributed by atoms with van der Waals surface area (Å²) >= 11 is 0. The molecule has 0 spiro atoms. The van der Waals surface area contributed by atoms with Gasteiger partial charge in [0.25, 0.3) is 10.0 Å². The van der Waals surface area contributed by atoms with Gasteiger partial charge in [-0.3, -0.25) is 4.79 Å². The lowest BCUT2D eigenvalue weighted by atomic mass is 10.1. The van der Waals surface area contributed by atoms with Crippen molar-refractivity contribution in [2.75, 3.05) is 10.6 Å². The predicted molar refractivity (Wildman–Crippen MR) is 98.5 cm³/mol. The lowest BCUT2D eigenvalue weighted by molar-refractivity contribution is -0.116. The Morgan fingerprint density at radius 1 is 1.12 bits per heavy atom. The molecule has 0 aromatic heterocycles. The van der Waals surface area contributed by atoms with Crippen LogP contribution in [-0.2, 0) is 14.8 Å². The van der Waals surface area contributed by atoms with Crippen LogP contribution < -0.4 is 10.6 Å². The van der Waals surface area contributed by atoms with Crippen LogP contribution in [0.15, 0.2) is 51.8 Å². The Morgan fingerprint density at radius 2 is 1.88 bits per heavy atom. The van der Waals surface area contributed by atoms with Crippen molar-refractivity contribution in [1.82, 2.24) is 0 Å². The molecule has 1 heterocycles. The second kappa shape index (κ2) is 6.68. The van der Waals surface area contributed by atoms with Gasteiger partial charge < -0.3 is 10.6 Å². The van der Waals surface area contributed by atoms with Crippen LogP contribution in [0.3, 0.4) is 0 Å². The second-order valence-corrected chi connectivity index (χ2v) is 7.50. The van der Waals surface area contributed by atoms with E-state index >= 15 is 0 Å². The Labute approximate surface area is 147 Å². The fourth-order valence-corrected chi connectivity index (χ4v) is 3.78. The molecule has 7 heteroatoms. The smallest absolute Gasteiger partial charge is 0.286 e. The highest BCUT2D eigenvalue weighted by molar-refractivity contribution is 7.90. The number of hydrogen-bond donors (Lipinski definition) is 2. The highest BCUT2D eigenvalue weighted by Crippen LogP contribution is 2.27. The first-order chi connectivity index (χ1) is 11.9. The van der Waals surface area contributed by atoms with Crippen molar-refractivity contribution in [1.29, 1.82) is 0 Å². The Morgan fingerprint density at radius 3 is 2.68 bits per heavy atom. The van der Waals surface area contributed by atoms with Gasteiger partial charge in [0.05, 0.1) is 5.69 Å². The van der Waals surface area contributed by atoms with Crippen LogP contribution in [0.25, 0.3) is 0 Å². The van der Waals surface area contributed by atoms with Gasteiger partial charge in [0, 0.05) is 18.5 Å². The minimum Gasteiger partial charge on any atom is -0.342 e. The number of aryl methyl sites for hydroxylation is 1. The summed E-state index contributed by atoms with van der Waals surface area (Å²) in [4.78, 5) is 12.3. The lowest BCUT2D eigenvalue weighted by Gasteiger charge is -2.18. The molecule has 2 N–H and O–H groups in total. The molecule has 0 radical (unpaired) electrons. The standard InChI is InChI=1S/C18H19N3O3S/c1-12-6-5-8-14(13(12)2)20-18(22)11-10-17-19-15-7-3-4-9-16(15)25(23,24)21-17/h3-9H,10-11H2,1-2H3,(H,19,21)(H,20,22).